The van der Waals surface area contributed by atoms with Crippen LogP contribution in [0.3, 0.4) is 0 Å². The molecule has 0 radical (unpaired) electrons. The highest BCUT2D eigenvalue weighted by Crippen LogP contribution is 2.24. The van der Waals surface area contributed by atoms with Gasteiger partial charge in [-0.25, -0.2) is 4.79 Å². The van der Waals surface area contributed by atoms with Crippen molar-refractivity contribution >= 4 is 17.4 Å². The minimum atomic E-state index is -0.171. The second-order valence-corrected chi connectivity index (χ2v) is 5.65. The van der Waals surface area contributed by atoms with Crippen molar-refractivity contribution in [2.24, 2.45) is 0 Å². The zero-order valence-electron chi connectivity index (χ0n) is 12.7. The number of carbonyl (C=O) groups is 1. The zero-order chi connectivity index (χ0) is 15.8. The number of nitrogens with one attached hydrogen (secondary N) is 2. The van der Waals surface area contributed by atoms with Gasteiger partial charge in [0.1, 0.15) is 11.5 Å². The fourth-order valence-corrected chi connectivity index (χ4v) is 2.68. The van der Waals surface area contributed by atoms with Gasteiger partial charge in [-0.05, 0) is 41.6 Å². The molecule has 0 saturated carbocycles. The summed E-state index contributed by atoms with van der Waals surface area (Å²) in [6.07, 6.45) is 0.673. The predicted molar refractivity (Wildman–Crippen MR) is 87.8 cm³/mol. The van der Waals surface area contributed by atoms with Crippen LogP contribution in [0.5, 0.6) is 11.5 Å². The van der Waals surface area contributed by atoms with Gasteiger partial charge in [-0.3, -0.25) is 0 Å². The van der Waals surface area contributed by atoms with Gasteiger partial charge in [0.05, 0.1) is 20.8 Å². The minimum Gasteiger partial charge on any atom is -0.497 e. The minimum absolute atomic E-state index is 0.171. The molecule has 0 aliphatic heterocycles. The maximum Gasteiger partial charge on any atom is 0.315 e. The van der Waals surface area contributed by atoms with Crippen molar-refractivity contribution in [2.45, 2.75) is 13.0 Å². The Morgan fingerprint density at radius 1 is 1.18 bits per heavy atom. The van der Waals surface area contributed by atoms with Gasteiger partial charge in [0, 0.05) is 11.4 Å². The van der Waals surface area contributed by atoms with Crippen molar-refractivity contribution < 1.29 is 14.3 Å². The maximum absolute atomic E-state index is 11.7. The molecule has 0 unspecified atom stereocenters. The van der Waals surface area contributed by atoms with Gasteiger partial charge in [-0.2, -0.15) is 0 Å². The zero-order valence-corrected chi connectivity index (χ0v) is 13.5. The van der Waals surface area contributed by atoms with E-state index in [2.05, 4.69) is 10.6 Å². The van der Waals surface area contributed by atoms with Crippen LogP contribution >= 0.6 is 11.3 Å². The monoisotopic (exact) mass is 320 g/mol. The first-order chi connectivity index (χ1) is 10.7. The van der Waals surface area contributed by atoms with Crippen molar-refractivity contribution in [3.63, 3.8) is 0 Å². The second-order valence-electron chi connectivity index (χ2n) is 4.62. The SMILES string of the molecule is COc1ccc(OC)c(CCNC(=O)NCc2cccs2)c1. The van der Waals surface area contributed by atoms with Gasteiger partial charge < -0.3 is 20.1 Å². The lowest BCUT2D eigenvalue weighted by molar-refractivity contribution is 0.240. The van der Waals surface area contributed by atoms with Crippen molar-refractivity contribution in [1.82, 2.24) is 10.6 Å². The quantitative estimate of drug-likeness (QED) is 0.825. The van der Waals surface area contributed by atoms with Crippen molar-refractivity contribution in [1.29, 1.82) is 0 Å². The third kappa shape index (κ3) is 4.66. The molecule has 1 heterocycles. The second kappa shape index (κ2) is 8.29. The summed E-state index contributed by atoms with van der Waals surface area (Å²) in [5.74, 6) is 1.57. The van der Waals surface area contributed by atoms with Gasteiger partial charge in [-0.15, -0.1) is 11.3 Å². The molecule has 0 spiro atoms. The van der Waals surface area contributed by atoms with Crippen LogP contribution in [0.25, 0.3) is 0 Å². The van der Waals surface area contributed by atoms with Crippen molar-refractivity contribution in [3.05, 3.63) is 46.2 Å². The van der Waals surface area contributed by atoms with E-state index in [1.54, 1.807) is 25.6 Å². The first-order valence-electron chi connectivity index (χ1n) is 6.98. The number of amides is 2. The molecule has 0 bridgehead atoms. The van der Waals surface area contributed by atoms with E-state index in [-0.39, 0.29) is 6.03 Å². The number of thiophene rings is 1. The third-order valence-corrected chi connectivity index (χ3v) is 4.05. The van der Waals surface area contributed by atoms with Crippen LogP contribution in [0.1, 0.15) is 10.4 Å². The summed E-state index contributed by atoms with van der Waals surface area (Å²) >= 11 is 1.62. The number of hydrogen-bond donors (Lipinski definition) is 2. The normalized spacial score (nSPS) is 10.1. The largest absolute Gasteiger partial charge is 0.497 e. The average molecular weight is 320 g/mol. The van der Waals surface area contributed by atoms with Gasteiger partial charge in [0.25, 0.3) is 0 Å². The van der Waals surface area contributed by atoms with Crippen LogP contribution in [0.2, 0.25) is 0 Å². The van der Waals surface area contributed by atoms with E-state index in [1.165, 1.54) is 0 Å². The molecule has 5 nitrogen and oxygen atoms in total. The Morgan fingerprint density at radius 3 is 2.73 bits per heavy atom. The van der Waals surface area contributed by atoms with Gasteiger partial charge in [0.15, 0.2) is 0 Å². The molecule has 22 heavy (non-hydrogen) atoms. The Hall–Kier alpha value is -2.21. The fraction of sp³-hybridized carbons (Fsp3) is 0.312. The molecule has 0 atom stereocenters. The Bertz CT molecular complexity index is 599. The van der Waals surface area contributed by atoms with Gasteiger partial charge in [0.2, 0.25) is 0 Å². The highest BCUT2D eigenvalue weighted by molar-refractivity contribution is 7.09. The molecule has 1 aromatic carbocycles. The molecular weight excluding hydrogens is 300 g/mol. The first kappa shape index (κ1) is 16.2. The molecule has 6 heteroatoms. The number of carbonyl (C=O) groups excluding carboxylic acids is 1. The number of urea groups is 1. The van der Waals surface area contributed by atoms with Gasteiger partial charge >= 0.3 is 6.03 Å². The van der Waals surface area contributed by atoms with E-state index in [0.717, 1.165) is 21.9 Å². The summed E-state index contributed by atoms with van der Waals surface area (Å²) in [6.45, 7) is 1.08. The molecule has 2 aromatic rings. The molecule has 0 aliphatic carbocycles. The Kier molecular flexibility index (Phi) is 6.09. The van der Waals surface area contributed by atoms with Crippen LogP contribution in [0.4, 0.5) is 4.79 Å². The number of rotatable bonds is 7. The van der Waals surface area contributed by atoms with E-state index in [1.807, 2.05) is 35.7 Å². The fourth-order valence-electron chi connectivity index (χ4n) is 2.03. The van der Waals surface area contributed by atoms with E-state index in [9.17, 15) is 4.79 Å². The summed E-state index contributed by atoms with van der Waals surface area (Å²) in [5.41, 5.74) is 1.00. The van der Waals surface area contributed by atoms with Crippen LogP contribution in [0.15, 0.2) is 35.7 Å². The van der Waals surface area contributed by atoms with Crippen LogP contribution < -0.4 is 20.1 Å². The lowest BCUT2D eigenvalue weighted by atomic mass is 10.1. The summed E-state index contributed by atoms with van der Waals surface area (Å²) < 4.78 is 10.5. The number of ether oxygens (including phenoxy) is 2. The molecular formula is C16H20N2O3S. The lowest BCUT2D eigenvalue weighted by Crippen LogP contribution is -2.36. The van der Waals surface area contributed by atoms with E-state index < -0.39 is 0 Å². The third-order valence-electron chi connectivity index (χ3n) is 3.17. The molecule has 1 aromatic heterocycles. The number of benzene rings is 1. The molecule has 0 aliphatic rings. The molecule has 0 saturated heterocycles. The first-order valence-corrected chi connectivity index (χ1v) is 7.86. The van der Waals surface area contributed by atoms with Crippen LogP contribution in [0, 0.1) is 0 Å². The topological polar surface area (TPSA) is 59.6 Å². The van der Waals surface area contributed by atoms with Crippen LogP contribution in [-0.4, -0.2) is 26.8 Å². The molecule has 0 fully saturated rings. The number of methoxy groups -OCH3 is 2. The van der Waals surface area contributed by atoms with E-state index in [4.69, 9.17) is 9.47 Å². The summed E-state index contributed by atoms with van der Waals surface area (Å²) in [7, 11) is 3.26. The van der Waals surface area contributed by atoms with Crippen molar-refractivity contribution in [2.75, 3.05) is 20.8 Å². The predicted octanol–water partition coefficient (Wildman–Crippen LogP) is 2.81. The van der Waals surface area contributed by atoms with E-state index in [0.29, 0.717) is 19.5 Å². The smallest absolute Gasteiger partial charge is 0.315 e. The molecule has 2 rings (SSSR count). The summed E-state index contributed by atoms with van der Waals surface area (Å²) in [6, 6.07) is 9.43. The lowest BCUT2D eigenvalue weighted by Gasteiger charge is -2.11. The Morgan fingerprint density at radius 2 is 2.05 bits per heavy atom. The maximum atomic E-state index is 11.7. The Balaban J connectivity index is 1.79. The highest BCUT2D eigenvalue weighted by atomic mass is 32.1. The van der Waals surface area contributed by atoms with Gasteiger partial charge in [-0.1, -0.05) is 6.07 Å². The molecule has 118 valence electrons. The average Bonchev–Trinajstić information content (AvgIpc) is 3.06. The Labute approximate surface area is 134 Å². The van der Waals surface area contributed by atoms with Crippen molar-refractivity contribution in [3.8, 4) is 11.5 Å². The van der Waals surface area contributed by atoms with Crippen LogP contribution in [-0.2, 0) is 13.0 Å². The summed E-state index contributed by atoms with van der Waals surface area (Å²) in [4.78, 5) is 12.9. The number of hydrogen-bond acceptors (Lipinski definition) is 4. The summed E-state index contributed by atoms with van der Waals surface area (Å²) in [5, 5.41) is 7.66. The highest BCUT2D eigenvalue weighted by Gasteiger charge is 2.06. The standard InChI is InChI=1S/C16H20N2O3S/c1-20-13-5-6-15(21-2)12(10-13)7-8-17-16(19)18-11-14-4-3-9-22-14/h3-6,9-10H,7-8,11H2,1-2H3,(H2,17,18,19). The molecule has 2 amide bonds. The molecule has 2 N–H and O–H groups in total. The van der Waals surface area contributed by atoms with E-state index >= 15 is 0 Å².